The summed E-state index contributed by atoms with van der Waals surface area (Å²) < 4.78 is 5.43. The molecule has 0 heterocycles. The smallest absolute Gasteiger partial charge is 0.119 e. The molecule has 0 atom stereocenters. The molecule has 0 aliphatic rings. The largest absolute Gasteiger partial charge is 0.494 e. The van der Waals surface area contributed by atoms with Gasteiger partial charge in [0.25, 0.3) is 0 Å². The van der Waals surface area contributed by atoms with Gasteiger partial charge in [-0.05, 0) is 44.5 Å². The molecule has 0 saturated heterocycles. The highest BCUT2D eigenvalue weighted by atomic mass is 16.5. The summed E-state index contributed by atoms with van der Waals surface area (Å²) in [5.74, 6) is 0.658. The average Bonchev–Trinajstić information content (AvgIpc) is 2.50. The molecule has 0 bridgehead atoms. The Balaban J connectivity index is 2.27. The van der Waals surface area contributed by atoms with Gasteiger partial charge in [0.15, 0.2) is 0 Å². The predicted molar refractivity (Wildman–Crippen MR) is 94.7 cm³/mol. The van der Waals surface area contributed by atoms with Crippen LogP contribution in [0.1, 0.15) is 29.2 Å². The van der Waals surface area contributed by atoms with Gasteiger partial charge in [-0.1, -0.05) is 30.3 Å². The van der Waals surface area contributed by atoms with E-state index in [0.717, 1.165) is 28.1 Å². The van der Waals surface area contributed by atoms with E-state index in [1.165, 1.54) is 5.56 Å². The molecule has 2 rings (SSSR count). The number of anilines is 1. The molecule has 0 fully saturated rings. The van der Waals surface area contributed by atoms with Crippen molar-refractivity contribution in [1.82, 2.24) is 0 Å². The lowest BCUT2D eigenvalue weighted by atomic mass is 10.1. The first-order chi connectivity index (χ1) is 10.5. The van der Waals surface area contributed by atoms with E-state index < -0.39 is 0 Å². The second kappa shape index (κ2) is 6.94. The van der Waals surface area contributed by atoms with Gasteiger partial charge in [-0.25, -0.2) is 0 Å². The van der Waals surface area contributed by atoms with Crippen molar-refractivity contribution in [2.24, 2.45) is 4.99 Å². The summed E-state index contributed by atoms with van der Waals surface area (Å²) in [5, 5.41) is 0. The fourth-order valence-corrected chi connectivity index (χ4v) is 2.28. The van der Waals surface area contributed by atoms with E-state index in [0.29, 0.717) is 12.4 Å². The molecule has 0 saturated carbocycles. The first-order valence-corrected chi connectivity index (χ1v) is 7.34. The maximum absolute atomic E-state index is 6.11. The second-order valence-electron chi connectivity index (χ2n) is 5.25. The summed E-state index contributed by atoms with van der Waals surface area (Å²) >= 11 is 0. The van der Waals surface area contributed by atoms with Gasteiger partial charge in [0.2, 0.25) is 0 Å². The van der Waals surface area contributed by atoms with E-state index in [1.54, 1.807) is 6.21 Å². The zero-order chi connectivity index (χ0) is 16.1. The Morgan fingerprint density at radius 2 is 2.05 bits per heavy atom. The predicted octanol–water partition coefficient (Wildman–Crippen LogP) is 4.64. The van der Waals surface area contributed by atoms with Crippen molar-refractivity contribution in [3.8, 4) is 0 Å². The fourth-order valence-electron chi connectivity index (χ4n) is 2.28. The summed E-state index contributed by atoms with van der Waals surface area (Å²) in [4.78, 5) is 4.52. The molecule has 0 spiro atoms. The van der Waals surface area contributed by atoms with Gasteiger partial charge in [-0.3, -0.25) is 4.99 Å². The zero-order valence-electron chi connectivity index (χ0n) is 13.4. The Labute approximate surface area is 132 Å². The number of benzene rings is 2. The summed E-state index contributed by atoms with van der Waals surface area (Å²) in [5.41, 5.74) is 11.8. The van der Waals surface area contributed by atoms with Crippen molar-refractivity contribution >= 4 is 23.3 Å². The van der Waals surface area contributed by atoms with Crippen LogP contribution in [0.3, 0.4) is 0 Å². The Kier molecular flexibility index (Phi) is 4.99. The van der Waals surface area contributed by atoms with Crippen molar-refractivity contribution in [3.05, 3.63) is 65.2 Å². The molecule has 3 nitrogen and oxygen atoms in total. The van der Waals surface area contributed by atoms with Crippen molar-refractivity contribution in [3.63, 3.8) is 0 Å². The maximum atomic E-state index is 6.11. The van der Waals surface area contributed by atoms with Crippen LogP contribution in [0, 0.1) is 13.8 Å². The minimum Gasteiger partial charge on any atom is -0.494 e. The normalized spacial score (nSPS) is 10.9. The highest BCUT2D eigenvalue weighted by Gasteiger charge is 2.02. The molecule has 0 radical (unpaired) electrons. The number of aliphatic imine (C=N–C) groups is 1. The van der Waals surface area contributed by atoms with Gasteiger partial charge in [0.05, 0.1) is 12.3 Å². The second-order valence-corrected chi connectivity index (χ2v) is 5.25. The zero-order valence-corrected chi connectivity index (χ0v) is 13.4. The highest BCUT2D eigenvalue weighted by Crippen LogP contribution is 2.22. The Hall–Kier alpha value is -2.55. The van der Waals surface area contributed by atoms with Gasteiger partial charge in [-0.2, -0.15) is 0 Å². The SMILES string of the molecule is C=C(OCC)c1cccc(N=Cc2cc(C)cc(C)c2N)c1. The van der Waals surface area contributed by atoms with Crippen LogP contribution in [0.4, 0.5) is 11.4 Å². The molecule has 3 heteroatoms. The van der Waals surface area contributed by atoms with Crippen molar-refractivity contribution in [1.29, 1.82) is 0 Å². The number of rotatable bonds is 5. The van der Waals surface area contributed by atoms with E-state index >= 15 is 0 Å². The summed E-state index contributed by atoms with van der Waals surface area (Å²) in [6.07, 6.45) is 1.80. The summed E-state index contributed by atoms with van der Waals surface area (Å²) in [7, 11) is 0. The molecule has 114 valence electrons. The van der Waals surface area contributed by atoms with Crippen LogP contribution < -0.4 is 5.73 Å². The monoisotopic (exact) mass is 294 g/mol. The Bertz CT molecular complexity index is 717. The molecule has 2 aromatic carbocycles. The highest BCUT2D eigenvalue weighted by molar-refractivity contribution is 5.90. The van der Waals surface area contributed by atoms with Gasteiger partial charge in [0.1, 0.15) is 5.76 Å². The molecule has 0 amide bonds. The van der Waals surface area contributed by atoms with Crippen LogP contribution in [0.2, 0.25) is 0 Å². The summed E-state index contributed by atoms with van der Waals surface area (Å²) in [6.45, 7) is 10.5. The number of nitrogens with zero attached hydrogens (tertiary/aromatic N) is 1. The third-order valence-corrected chi connectivity index (χ3v) is 3.40. The summed E-state index contributed by atoms with van der Waals surface area (Å²) in [6, 6.07) is 11.9. The topological polar surface area (TPSA) is 47.6 Å². The van der Waals surface area contributed by atoms with E-state index in [9.17, 15) is 0 Å². The van der Waals surface area contributed by atoms with Crippen LogP contribution in [0.25, 0.3) is 5.76 Å². The molecule has 0 unspecified atom stereocenters. The lowest BCUT2D eigenvalue weighted by Crippen LogP contribution is -1.97. The molecule has 0 aliphatic carbocycles. The number of ether oxygens (including phenoxy) is 1. The van der Waals surface area contributed by atoms with E-state index in [4.69, 9.17) is 10.5 Å². The van der Waals surface area contributed by atoms with Crippen LogP contribution in [0.5, 0.6) is 0 Å². The van der Waals surface area contributed by atoms with Crippen molar-refractivity contribution in [2.45, 2.75) is 20.8 Å². The van der Waals surface area contributed by atoms with Crippen molar-refractivity contribution in [2.75, 3.05) is 12.3 Å². The third-order valence-electron chi connectivity index (χ3n) is 3.40. The first kappa shape index (κ1) is 15.8. The molecule has 0 aliphatic heterocycles. The van der Waals surface area contributed by atoms with E-state index in [-0.39, 0.29) is 0 Å². The van der Waals surface area contributed by atoms with Gasteiger partial charge < -0.3 is 10.5 Å². The molecule has 2 aromatic rings. The maximum Gasteiger partial charge on any atom is 0.119 e. The fraction of sp³-hybridized carbons (Fsp3) is 0.211. The van der Waals surface area contributed by atoms with Crippen molar-refractivity contribution < 1.29 is 4.74 Å². The van der Waals surface area contributed by atoms with Gasteiger partial charge in [-0.15, -0.1) is 0 Å². The van der Waals surface area contributed by atoms with Crippen LogP contribution >= 0.6 is 0 Å². The third kappa shape index (κ3) is 3.76. The lowest BCUT2D eigenvalue weighted by Gasteiger charge is -2.08. The molecule has 2 N–H and O–H groups in total. The van der Waals surface area contributed by atoms with E-state index in [2.05, 4.69) is 24.6 Å². The van der Waals surface area contributed by atoms with Gasteiger partial charge >= 0.3 is 0 Å². The number of aryl methyl sites for hydroxylation is 2. The average molecular weight is 294 g/mol. The molecule has 0 aromatic heterocycles. The minimum atomic E-state index is 0.603. The number of nitrogens with two attached hydrogens (primary N) is 1. The quantitative estimate of drug-likeness (QED) is 0.496. The van der Waals surface area contributed by atoms with E-state index in [1.807, 2.05) is 44.2 Å². The molecule has 22 heavy (non-hydrogen) atoms. The lowest BCUT2D eigenvalue weighted by molar-refractivity contribution is 0.299. The Morgan fingerprint density at radius 3 is 2.77 bits per heavy atom. The number of nitrogen functional groups attached to an aromatic ring is 1. The standard InChI is InChI=1S/C19H22N2O/c1-5-22-15(4)16-7-6-8-18(11-16)21-12-17-10-13(2)9-14(3)19(17)20/h6-12H,4-5,20H2,1-3H3. The van der Waals surface area contributed by atoms with Crippen LogP contribution in [0.15, 0.2) is 48.0 Å². The van der Waals surface area contributed by atoms with Crippen LogP contribution in [-0.2, 0) is 4.74 Å². The Morgan fingerprint density at radius 1 is 1.27 bits per heavy atom. The number of hydrogen-bond donors (Lipinski definition) is 1. The molecular weight excluding hydrogens is 272 g/mol. The number of hydrogen-bond acceptors (Lipinski definition) is 3. The van der Waals surface area contributed by atoms with Crippen LogP contribution in [-0.4, -0.2) is 12.8 Å². The molecular formula is C19H22N2O. The van der Waals surface area contributed by atoms with Gasteiger partial charge in [0, 0.05) is 23.0 Å². The minimum absolute atomic E-state index is 0.603. The first-order valence-electron chi connectivity index (χ1n) is 7.34.